The van der Waals surface area contributed by atoms with Crippen molar-refractivity contribution >= 4 is 28.4 Å². The van der Waals surface area contributed by atoms with Gasteiger partial charge in [0.15, 0.2) is 0 Å². The number of rotatable bonds is 3. The van der Waals surface area contributed by atoms with Crippen molar-refractivity contribution in [2.45, 2.75) is 0 Å². The van der Waals surface area contributed by atoms with Crippen LogP contribution in [0.4, 0.5) is 10.5 Å². The number of anilines is 1. The first-order valence-electron chi connectivity index (χ1n) is 5.94. The number of carbonyl (C=O) groups is 2. The van der Waals surface area contributed by atoms with Crippen LogP contribution in [0.1, 0.15) is 0 Å². The van der Waals surface area contributed by atoms with E-state index < -0.39 is 6.03 Å². The van der Waals surface area contributed by atoms with Gasteiger partial charge in [0, 0.05) is 18.1 Å². The van der Waals surface area contributed by atoms with E-state index in [2.05, 4.69) is 16.0 Å². The zero-order chi connectivity index (χ0) is 13.7. The maximum Gasteiger partial charge on any atom is 0.321 e. The van der Waals surface area contributed by atoms with Crippen molar-refractivity contribution in [2.75, 3.05) is 18.9 Å². The molecule has 3 amide bonds. The van der Waals surface area contributed by atoms with Crippen LogP contribution in [0.15, 0.2) is 42.5 Å². The van der Waals surface area contributed by atoms with Gasteiger partial charge < -0.3 is 10.6 Å². The van der Waals surface area contributed by atoms with E-state index in [0.717, 1.165) is 16.5 Å². The number of fused-ring (bicyclic) bond motifs is 1. The molecular formula is C14H15N3O2. The van der Waals surface area contributed by atoms with E-state index in [1.54, 1.807) is 0 Å². The molecule has 0 spiro atoms. The van der Waals surface area contributed by atoms with Crippen molar-refractivity contribution in [3.05, 3.63) is 42.5 Å². The molecule has 0 saturated heterocycles. The first-order valence-corrected chi connectivity index (χ1v) is 5.94. The topological polar surface area (TPSA) is 70.2 Å². The van der Waals surface area contributed by atoms with Gasteiger partial charge in [0.25, 0.3) is 0 Å². The predicted octanol–water partition coefficient (Wildman–Crippen LogP) is 1.71. The minimum atomic E-state index is -0.510. The van der Waals surface area contributed by atoms with E-state index in [-0.39, 0.29) is 12.5 Å². The van der Waals surface area contributed by atoms with Gasteiger partial charge in [-0.1, -0.05) is 36.4 Å². The first kappa shape index (κ1) is 12.9. The Morgan fingerprint density at radius 1 is 1.05 bits per heavy atom. The molecule has 0 bridgehead atoms. The Morgan fingerprint density at radius 3 is 2.58 bits per heavy atom. The molecule has 2 aromatic carbocycles. The van der Waals surface area contributed by atoms with Gasteiger partial charge >= 0.3 is 6.03 Å². The summed E-state index contributed by atoms with van der Waals surface area (Å²) < 4.78 is 0. The molecule has 0 aliphatic heterocycles. The Morgan fingerprint density at radius 2 is 1.79 bits per heavy atom. The molecule has 5 nitrogen and oxygen atoms in total. The SMILES string of the molecule is CNC(=O)NC(=O)CNc1cccc2ccccc12. The van der Waals surface area contributed by atoms with Gasteiger partial charge in [-0.05, 0) is 11.5 Å². The zero-order valence-corrected chi connectivity index (χ0v) is 10.6. The van der Waals surface area contributed by atoms with E-state index >= 15 is 0 Å². The van der Waals surface area contributed by atoms with Crippen LogP contribution in [0.25, 0.3) is 10.8 Å². The van der Waals surface area contributed by atoms with E-state index in [1.807, 2.05) is 42.5 Å². The van der Waals surface area contributed by atoms with E-state index in [0.29, 0.717) is 0 Å². The Kier molecular flexibility index (Phi) is 3.97. The third-order valence-corrected chi connectivity index (χ3v) is 2.71. The number of carbonyl (C=O) groups excluding carboxylic acids is 2. The molecule has 2 aromatic rings. The molecule has 0 atom stereocenters. The predicted molar refractivity (Wildman–Crippen MR) is 75.0 cm³/mol. The smallest absolute Gasteiger partial charge is 0.321 e. The normalized spacial score (nSPS) is 9.95. The Balaban J connectivity index is 2.06. The molecule has 2 rings (SSSR count). The number of benzene rings is 2. The minimum Gasteiger partial charge on any atom is -0.376 e. The molecule has 0 aromatic heterocycles. The second kappa shape index (κ2) is 5.86. The molecule has 0 radical (unpaired) electrons. The molecule has 5 heteroatoms. The summed E-state index contributed by atoms with van der Waals surface area (Å²) >= 11 is 0. The Hall–Kier alpha value is -2.56. The standard InChI is InChI=1S/C14H15N3O2/c1-15-14(19)17-13(18)9-16-12-8-4-6-10-5-2-3-7-11(10)12/h2-8,16H,9H2,1H3,(H2,15,17,18,19). The lowest BCUT2D eigenvalue weighted by atomic mass is 10.1. The first-order chi connectivity index (χ1) is 9.20. The molecule has 98 valence electrons. The third-order valence-electron chi connectivity index (χ3n) is 2.71. The van der Waals surface area contributed by atoms with Crippen LogP contribution >= 0.6 is 0 Å². The van der Waals surface area contributed by atoms with Crippen LogP contribution in [0.2, 0.25) is 0 Å². The maximum atomic E-state index is 11.5. The number of hydrogen-bond donors (Lipinski definition) is 3. The van der Waals surface area contributed by atoms with Gasteiger partial charge in [0.2, 0.25) is 5.91 Å². The summed E-state index contributed by atoms with van der Waals surface area (Å²) in [7, 11) is 1.46. The summed E-state index contributed by atoms with van der Waals surface area (Å²) in [6.45, 7) is 0.0431. The van der Waals surface area contributed by atoms with Crippen molar-refractivity contribution in [1.82, 2.24) is 10.6 Å². The molecule has 0 saturated carbocycles. The third kappa shape index (κ3) is 3.22. The van der Waals surface area contributed by atoms with E-state index in [4.69, 9.17) is 0 Å². The van der Waals surface area contributed by atoms with Crippen molar-refractivity contribution in [3.8, 4) is 0 Å². The quantitative estimate of drug-likeness (QED) is 0.784. The lowest BCUT2D eigenvalue weighted by molar-refractivity contribution is -0.118. The Labute approximate surface area is 111 Å². The number of hydrogen-bond acceptors (Lipinski definition) is 3. The van der Waals surface area contributed by atoms with Crippen LogP contribution in [0.5, 0.6) is 0 Å². The fraction of sp³-hybridized carbons (Fsp3) is 0.143. The van der Waals surface area contributed by atoms with Gasteiger partial charge in [-0.15, -0.1) is 0 Å². The average molecular weight is 257 g/mol. The fourth-order valence-corrected chi connectivity index (χ4v) is 1.79. The highest BCUT2D eigenvalue weighted by Crippen LogP contribution is 2.22. The highest BCUT2D eigenvalue weighted by molar-refractivity contribution is 5.98. The summed E-state index contributed by atoms with van der Waals surface area (Å²) in [4.78, 5) is 22.5. The molecule has 0 unspecified atom stereocenters. The van der Waals surface area contributed by atoms with Gasteiger partial charge in [0.1, 0.15) is 0 Å². The van der Waals surface area contributed by atoms with Crippen LogP contribution in [0, 0.1) is 0 Å². The van der Waals surface area contributed by atoms with E-state index in [1.165, 1.54) is 7.05 Å². The summed E-state index contributed by atoms with van der Waals surface area (Å²) in [5, 5.41) is 9.68. The molecule has 0 aliphatic rings. The Bertz CT molecular complexity index is 605. The zero-order valence-electron chi connectivity index (χ0n) is 10.6. The molecule has 3 N–H and O–H groups in total. The monoisotopic (exact) mass is 257 g/mol. The molecular weight excluding hydrogens is 242 g/mol. The minimum absolute atomic E-state index is 0.0431. The van der Waals surface area contributed by atoms with Gasteiger partial charge in [-0.25, -0.2) is 4.79 Å². The highest BCUT2D eigenvalue weighted by atomic mass is 16.2. The van der Waals surface area contributed by atoms with Gasteiger partial charge in [0.05, 0.1) is 6.54 Å². The van der Waals surface area contributed by atoms with Crippen molar-refractivity contribution in [3.63, 3.8) is 0 Å². The average Bonchev–Trinajstić information content (AvgIpc) is 2.44. The number of amides is 3. The molecule has 0 fully saturated rings. The molecule has 19 heavy (non-hydrogen) atoms. The molecule has 0 aliphatic carbocycles. The highest BCUT2D eigenvalue weighted by Gasteiger charge is 2.06. The lowest BCUT2D eigenvalue weighted by Crippen LogP contribution is -2.40. The molecule has 0 heterocycles. The fourth-order valence-electron chi connectivity index (χ4n) is 1.79. The van der Waals surface area contributed by atoms with Crippen molar-refractivity contribution in [2.24, 2.45) is 0 Å². The lowest BCUT2D eigenvalue weighted by Gasteiger charge is -2.09. The van der Waals surface area contributed by atoms with Crippen LogP contribution in [0.3, 0.4) is 0 Å². The second-order valence-electron chi connectivity index (χ2n) is 4.01. The largest absolute Gasteiger partial charge is 0.376 e. The van der Waals surface area contributed by atoms with Gasteiger partial charge in [-0.3, -0.25) is 10.1 Å². The second-order valence-corrected chi connectivity index (χ2v) is 4.01. The van der Waals surface area contributed by atoms with Crippen molar-refractivity contribution < 1.29 is 9.59 Å². The number of imide groups is 1. The number of urea groups is 1. The van der Waals surface area contributed by atoms with E-state index in [9.17, 15) is 9.59 Å². The van der Waals surface area contributed by atoms with Crippen molar-refractivity contribution in [1.29, 1.82) is 0 Å². The summed E-state index contributed by atoms with van der Waals surface area (Å²) in [6.07, 6.45) is 0. The van der Waals surface area contributed by atoms with Crippen LogP contribution in [-0.2, 0) is 4.79 Å². The number of nitrogens with one attached hydrogen (secondary N) is 3. The summed E-state index contributed by atoms with van der Waals surface area (Å²) in [5.74, 6) is -0.382. The summed E-state index contributed by atoms with van der Waals surface area (Å²) in [6, 6.07) is 13.2. The van der Waals surface area contributed by atoms with Crippen LogP contribution in [-0.4, -0.2) is 25.5 Å². The summed E-state index contributed by atoms with van der Waals surface area (Å²) in [5.41, 5.74) is 0.866. The van der Waals surface area contributed by atoms with Crippen LogP contribution < -0.4 is 16.0 Å². The maximum absolute atomic E-state index is 11.5. The van der Waals surface area contributed by atoms with Gasteiger partial charge in [-0.2, -0.15) is 0 Å².